The van der Waals surface area contributed by atoms with Crippen LogP contribution in [0.2, 0.25) is 0 Å². The molecule has 2 aliphatic rings. The van der Waals surface area contributed by atoms with Crippen LogP contribution in [0.5, 0.6) is 0 Å². The van der Waals surface area contributed by atoms with E-state index in [1.807, 2.05) is 0 Å². The summed E-state index contributed by atoms with van der Waals surface area (Å²) in [6.07, 6.45) is 8.88. The van der Waals surface area contributed by atoms with Gasteiger partial charge in [0.15, 0.2) is 0 Å². The third kappa shape index (κ3) is 5.86. The lowest BCUT2D eigenvalue weighted by molar-refractivity contribution is 0.590. The number of para-hydroxylation sites is 1. The molecule has 0 fully saturated rings. The van der Waals surface area contributed by atoms with Crippen molar-refractivity contribution in [3.8, 4) is 27.9 Å². The number of hydrogen-bond acceptors (Lipinski definition) is 1. The van der Waals surface area contributed by atoms with Gasteiger partial charge >= 0.3 is 0 Å². The van der Waals surface area contributed by atoms with E-state index in [0.717, 1.165) is 24.2 Å². The Morgan fingerprint density at radius 3 is 1.96 bits per heavy atom. The van der Waals surface area contributed by atoms with Gasteiger partial charge in [-0.05, 0) is 123 Å². The predicted octanol–water partition coefficient (Wildman–Crippen LogP) is 15.3. The van der Waals surface area contributed by atoms with Crippen LogP contribution in [-0.2, 0) is 10.8 Å². The molecule has 57 heavy (non-hydrogen) atoms. The summed E-state index contributed by atoms with van der Waals surface area (Å²) < 4.78 is 2.41. The van der Waals surface area contributed by atoms with Gasteiger partial charge in [0.1, 0.15) is 0 Å². The summed E-state index contributed by atoms with van der Waals surface area (Å²) in [5.41, 5.74) is 19.0. The highest BCUT2D eigenvalue weighted by atomic mass is 15.1. The lowest BCUT2D eigenvalue weighted by Crippen LogP contribution is -2.16. The second-order valence-corrected chi connectivity index (χ2v) is 17.3. The highest BCUT2D eigenvalue weighted by molar-refractivity contribution is 6.10. The van der Waals surface area contributed by atoms with Crippen molar-refractivity contribution in [2.45, 2.75) is 58.3 Å². The monoisotopic (exact) mass is 736 g/mol. The first-order valence-corrected chi connectivity index (χ1v) is 20.4. The van der Waals surface area contributed by atoms with Crippen molar-refractivity contribution in [3.05, 3.63) is 198 Å². The van der Waals surface area contributed by atoms with Gasteiger partial charge in [0, 0.05) is 38.8 Å². The third-order valence-electron chi connectivity index (χ3n) is 12.5. The molecule has 0 unspecified atom stereocenters. The van der Waals surface area contributed by atoms with Gasteiger partial charge in [-0.1, -0.05) is 150 Å². The number of nitrogens with zero attached hydrogens (tertiary/aromatic N) is 2. The van der Waals surface area contributed by atoms with Crippen LogP contribution in [0.1, 0.15) is 69.7 Å². The van der Waals surface area contributed by atoms with Crippen LogP contribution in [0.15, 0.2) is 176 Å². The number of benzene rings is 7. The van der Waals surface area contributed by atoms with E-state index in [4.69, 9.17) is 0 Å². The molecule has 0 N–H and O–H groups in total. The van der Waals surface area contributed by atoms with Crippen molar-refractivity contribution >= 4 is 44.4 Å². The van der Waals surface area contributed by atoms with E-state index in [0.29, 0.717) is 0 Å². The van der Waals surface area contributed by atoms with Gasteiger partial charge < -0.3 is 9.47 Å². The van der Waals surface area contributed by atoms with E-state index in [1.165, 1.54) is 83.3 Å². The van der Waals surface area contributed by atoms with Crippen LogP contribution in [0.3, 0.4) is 0 Å². The molecule has 0 radical (unpaired) electrons. The molecule has 0 amide bonds. The quantitative estimate of drug-likeness (QED) is 0.165. The van der Waals surface area contributed by atoms with E-state index in [-0.39, 0.29) is 10.8 Å². The van der Waals surface area contributed by atoms with Crippen molar-refractivity contribution in [2.24, 2.45) is 0 Å². The molecule has 2 heteroatoms. The fourth-order valence-corrected chi connectivity index (χ4v) is 9.36. The Bertz CT molecular complexity index is 2870. The van der Waals surface area contributed by atoms with E-state index in [1.54, 1.807) is 0 Å². The molecule has 0 saturated carbocycles. The number of aromatic nitrogens is 1. The first kappa shape index (κ1) is 35.1. The summed E-state index contributed by atoms with van der Waals surface area (Å²) >= 11 is 0. The van der Waals surface area contributed by atoms with Gasteiger partial charge in [-0.3, -0.25) is 0 Å². The highest BCUT2D eigenvalue weighted by Gasteiger charge is 2.37. The molecule has 10 rings (SSSR count). The molecule has 0 atom stereocenters. The van der Waals surface area contributed by atoms with Gasteiger partial charge in [0.05, 0.1) is 16.7 Å². The molecule has 0 spiro atoms. The maximum absolute atomic E-state index is 2.46. The van der Waals surface area contributed by atoms with Gasteiger partial charge in [-0.25, -0.2) is 0 Å². The molecule has 1 heterocycles. The summed E-state index contributed by atoms with van der Waals surface area (Å²) in [5, 5.41) is 2.53. The summed E-state index contributed by atoms with van der Waals surface area (Å²) in [5.74, 6) is 0. The number of hydrogen-bond donors (Lipinski definition) is 0. The zero-order valence-electron chi connectivity index (χ0n) is 33.6. The Hall–Kier alpha value is -6.38. The summed E-state index contributed by atoms with van der Waals surface area (Å²) in [6, 6.07) is 59.0. The van der Waals surface area contributed by atoms with Crippen molar-refractivity contribution in [3.63, 3.8) is 0 Å². The van der Waals surface area contributed by atoms with Gasteiger partial charge in [-0.15, -0.1) is 0 Å². The molecule has 0 saturated heterocycles. The predicted molar refractivity (Wildman–Crippen MR) is 244 cm³/mol. The van der Waals surface area contributed by atoms with Crippen LogP contribution >= 0.6 is 0 Å². The molecular weight excluding hydrogens is 689 g/mol. The second-order valence-electron chi connectivity index (χ2n) is 17.3. The molecule has 0 bridgehead atoms. The standard InChI is InChI=1S/C55H48N2/c1-54(2,3)41-27-33-43(34-28-41)56(52-21-13-19-49-53(52)46-17-9-11-18-48(46)55(49,4)5)42-29-24-39(25-30-42)40-26-35-51-47(36-40)45-16-10-12-20-50(45)57(51)44-31-22-38(23-32-44)37-14-7-6-8-15-37/h6-7,9-14,16-36H,8,15H2,1-5H3. The first-order chi connectivity index (χ1) is 27.7. The number of fused-ring (bicyclic) bond motifs is 6. The minimum Gasteiger partial charge on any atom is -0.310 e. The fraction of sp³-hybridized carbons (Fsp3) is 0.164. The summed E-state index contributed by atoms with van der Waals surface area (Å²) in [4.78, 5) is 2.46. The largest absolute Gasteiger partial charge is 0.310 e. The van der Waals surface area contributed by atoms with E-state index < -0.39 is 0 Å². The number of rotatable bonds is 6. The van der Waals surface area contributed by atoms with Gasteiger partial charge in [0.25, 0.3) is 0 Å². The Balaban J connectivity index is 1.06. The molecule has 1 aromatic heterocycles. The average Bonchev–Trinajstić information content (AvgIpc) is 3.70. The van der Waals surface area contributed by atoms with Crippen LogP contribution in [-0.4, -0.2) is 4.57 Å². The molecule has 2 aliphatic carbocycles. The molecule has 0 aliphatic heterocycles. The fourth-order valence-electron chi connectivity index (χ4n) is 9.36. The molecule has 278 valence electrons. The molecule has 7 aromatic carbocycles. The lowest BCUT2D eigenvalue weighted by atomic mass is 9.82. The topological polar surface area (TPSA) is 8.17 Å². The van der Waals surface area contributed by atoms with Crippen LogP contribution in [0.4, 0.5) is 17.1 Å². The minimum absolute atomic E-state index is 0.0740. The highest BCUT2D eigenvalue weighted by Crippen LogP contribution is 2.54. The van der Waals surface area contributed by atoms with E-state index in [9.17, 15) is 0 Å². The number of allylic oxidation sites excluding steroid dienone is 4. The normalized spacial score (nSPS) is 14.4. The maximum atomic E-state index is 2.46. The van der Waals surface area contributed by atoms with Crippen molar-refractivity contribution in [2.75, 3.05) is 4.90 Å². The zero-order valence-corrected chi connectivity index (χ0v) is 33.6. The molecule has 2 nitrogen and oxygen atoms in total. The van der Waals surface area contributed by atoms with Crippen LogP contribution in [0.25, 0.3) is 55.3 Å². The second kappa shape index (κ2) is 13.4. The zero-order chi connectivity index (χ0) is 38.9. The van der Waals surface area contributed by atoms with Gasteiger partial charge in [0.2, 0.25) is 0 Å². The Labute approximate surface area is 337 Å². The Kier molecular flexibility index (Phi) is 8.23. The van der Waals surface area contributed by atoms with Crippen LogP contribution < -0.4 is 4.90 Å². The number of anilines is 3. The first-order valence-electron chi connectivity index (χ1n) is 20.4. The summed E-state index contributed by atoms with van der Waals surface area (Å²) in [7, 11) is 0. The molecule has 8 aromatic rings. The summed E-state index contributed by atoms with van der Waals surface area (Å²) in [6.45, 7) is 11.6. The SMILES string of the molecule is CC(C)(C)c1ccc(N(c2ccc(-c3ccc4c(c3)c3ccccc3n4-c3ccc(C4=CC=CCC4)cc3)cc2)c2cccc3c2-c2ccccc2C3(C)C)cc1. The minimum atomic E-state index is -0.0800. The third-order valence-corrected chi connectivity index (χ3v) is 12.5. The van der Waals surface area contributed by atoms with Gasteiger partial charge in [-0.2, -0.15) is 0 Å². The van der Waals surface area contributed by atoms with E-state index in [2.05, 4.69) is 220 Å². The van der Waals surface area contributed by atoms with Crippen molar-refractivity contribution < 1.29 is 0 Å². The van der Waals surface area contributed by atoms with Crippen molar-refractivity contribution in [1.82, 2.24) is 4.57 Å². The maximum Gasteiger partial charge on any atom is 0.0543 e. The van der Waals surface area contributed by atoms with Crippen molar-refractivity contribution in [1.29, 1.82) is 0 Å². The van der Waals surface area contributed by atoms with Crippen LogP contribution in [0, 0.1) is 0 Å². The van der Waals surface area contributed by atoms with E-state index >= 15 is 0 Å². The lowest BCUT2D eigenvalue weighted by Gasteiger charge is -2.29. The Morgan fingerprint density at radius 2 is 1.23 bits per heavy atom. The Morgan fingerprint density at radius 1 is 0.579 bits per heavy atom. The smallest absolute Gasteiger partial charge is 0.0543 e. The molecular formula is C55H48N2. The average molecular weight is 737 g/mol.